The molecule has 1 aliphatic rings. The monoisotopic (exact) mass is 269 g/mol. The Bertz CT molecular complexity index is 625. The average Bonchev–Trinajstić information content (AvgIpc) is 3.02. The summed E-state index contributed by atoms with van der Waals surface area (Å²) in [6, 6.07) is 6.57. The highest BCUT2D eigenvalue weighted by molar-refractivity contribution is 5.57. The van der Waals surface area contributed by atoms with Crippen LogP contribution in [0.2, 0.25) is 0 Å². The topological polar surface area (TPSA) is 29.9 Å². The Balaban J connectivity index is 2.03. The standard InChI is InChI=1S/C17H23N3/c1-4-5-6-16-15-9-10-18-17(15)20(19-16)14-8-7-12(2)13(3)11-14/h7-8,11,18H,4-6,9-10H2,1-3H3. The first-order valence-electron chi connectivity index (χ1n) is 7.63. The van der Waals surface area contributed by atoms with Crippen LogP contribution in [-0.4, -0.2) is 16.3 Å². The zero-order chi connectivity index (χ0) is 14.1. The number of unbranched alkanes of at least 4 members (excludes halogenated alkanes) is 1. The molecule has 1 aliphatic heterocycles. The molecule has 2 aromatic rings. The van der Waals surface area contributed by atoms with E-state index in [1.807, 2.05) is 0 Å². The summed E-state index contributed by atoms with van der Waals surface area (Å²) in [5, 5.41) is 8.36. The van der Waals surface area contributed by atoms with Crippen molar-refractivity contribution in [1.82, 2.24) is 9.78 Å². The van der Waals surface area contributed by atoms with E-state index in [9.17, 15) is 0 Å². The van der Waals surface area contributed by atoms with Crippen LogP contribution >= 0.6 is 0 Å². The number of hydrogen-bond donors (Lipinski definition) is 1. The lowest BCUT2D eigenvalue weighted by Crippen LogP contribution is -2.05. The van der Waals surface area contributed by atoms with Crippen LogP contribution < -0.4 is 5.32 Å². The van der Waals surface area contributed by atoms with E-state index in [2.05, 4.69) is 49.0 Å². The number of aryl methyl sites for hydroxylation is 3. The van der Waals surface area contributed by atoms with Gasteiger partial charge in [-0.3, -0.25) is 0 Å². The predicted molar refractivity (Wildman–Crippen MR) is 83.8 cm³/mol. The van der Waals surface area contributed by atoms with Crippen LogP contribution in [0.5, 0.6) is 0 Å². The van der Waals surface area contributed by atoms with E-state index in [1.165, 1.54) is 46.7 Å². The van der Waals surface area contributed by atoms with Crippen LogP contribution in [0.1, 0.15) is 42.1 Å². The van der Waals surface area contributed by atoms with E-state index in [0.717, 1.165) is 19.4 Å². The maximum atomic E-state index is 4.86. The van der Waals surface area contributed by atoms with Crippen LogP contribution in [0.25, 0.3) is 5.69 Å². The van der Waals surface area contributed by atoms with Crippen LogP contribution in [0.15, 0.2) is 18.2 Å². The van der Waals surface area contributed by atoms with Crippen molar-refractivity contribution in [3.05, 3.63) is 40.6 Å². The maximum absolute atomic E-state index is 4.86. The smallest absolute Gasteiger partial charge is 0.133 e. The van der Waals surface area contributed by atoms with Crippen molar-refractivity contribution in [2.45, 2.75) is 46.5 Å². The fourth-order valence-electron chi connectivity index (χ4n) is 2.84. The van der Waals surface area contributed by atoms with Gasteiger partial charge in [-0.15, -0.1) is 0 Å². The minimum Gasteiger partial charge on any atom is -0.369 e. The summed E-state index contributed by atoms with van der Waals surface area (Å²) < 4.78 is 2.10. The molecule has 0 atom stereocenters. The zero-order valence-corrected chi connectivity index (χ0v) is 12.7. The van der Waals surface area contributed by atoms with E-state index in [4.69, 9.17) is 5.10 Å². The molecule has 0 bridgehead atoms. The maximum Gasteiger partial charge on any atom is 0.133 e. The van der Waals surface area contributed by atoms with Gasteiger partial charge in [0, 0.05) is 12.1 Å². The van der Waals surface area contributed by atoms with E-state index in [-0.39, 0.29) is 0 Å². The molecule has 0 radical (unpaired) electrons. The van der Waals surface area contributed by atoms with Gasteiger partial charge in [-0.25, -0.2) is 4.68 Å². The molecule has 1 aromatic carbocycles. The van der Waals surface area contributed by atoms with Crippen molar-refractivity contribution < 1.29 is 0 Å². The molecule has 3 rings (SSSR count). The number of benzene rings is 1. The van der Waals surface area contributed by atoms with Crippen molar-refractivity contribution in [2.75, 3.05) is 11.9 Å². The van der Waals surface area contributed by atoms with Gasteiger partial charge in [-0.2, -0.15) is 5.10 Å². The first kappa shape index (κ1) is 13.2. The third-order valence-electron chi connectivity index (χ3n) is 4.24. The SMILES string of the molecule is CCCCc1nn(-c2ccc(C)c(C)c2)c2c1CCN2. The van der Waals surface area contributed by atoms with Crippen molar-refractivity contribution in [3.8, 4) is 5.69 Å². The molecule has 0 amide bonds. The lowest BCUT2D eigenvalue weighted by atomic mass is 10.1. The van der Waals surface area contributed by atoms with Crippen molar-refractivity contribution >= 4 is 5.82 Å². The molecule has 0 aliphatic carbocycles. The Morgan fingerprint density at radius 1 is 1.25 bits per heavy atom. The van der Waals surface area contributed by atoms with Gasteiger partial charge in [0.05, 0.1) is 11.4 Å². The quantitative estimate of drug-likeness (QED) is 0.915. The second-order valence-corrected chi connectivity index (χ2v) is 5.73. The molecule has 20 heavy (non-hydrogen) atoms. The van der Waals surface area contributed by atoms with Crippen LogP contribution in [0.3, 0.4) is 0 Å². The summed E-state index contributed by atoms with van der Waals surface area (Å²) in [6.07, 6.45) is 4.65. The second-order valence-electron chi connectivity index (χ2n) is 5.73. The largest absolute Gasteiger partial charge is 0.369 e. The first-order valence-corrected chi connectivity index (χ1v) is 7.63. The average molecular weight is 269 g/mol. The van der Waals surface area contributed by atoms with Gasteiger partial charge in [-0.1, -0.05) is 19.4 Å². The minimum atomic E-state index is 1.04. The second kappa shape index (κ2) is 5.31. The van der Waals surface area contributed by atoms with Gasteiger partial charge in [0.2, 0.25) is 0 Å². The van der Waals surface area contributed by atoms with Crippen LogP contribution in [0.4, 0.5) is 5.82 Å². The number of hydrogen-bond acceptors (Lipinski definition) is 2. The van der Waals surface area contributed by atoms with Gasteiger partial charge in [0.1, 0.15) is 5.82 Å². The first-order chi connectivity index (χ1) is 9.70. The van der Waals surface area contributed by atoms with Gasteiger partial charge < -0.3 is 5.32 Å². The highest BCUT2D eigenvalue weighted by atomic mass is 15.3. The molecule has 2 heterocycles. The molecule has 3 nitrogen and oxygen atoms in total. The summed E-state index contributed by atoms with van der Waals surface area (Å²) in [5.41, 5.74) is 6.53. The minimum absolute atomic E-state index is 1.04. The molecule has 0 unspecified atom stereocenters. The van der Waals surface area contributed by atoms with E-state index in [1.54, 1.807) is 0 Å². The number of rotatable bonds is 4. The number of aromatic nitrogens is 2. The number of nitrogens with zero attached hydrogens (tertiary/aromatic N) is 2. The summed E-state index contributed by atoms with van der Waals surface area (Å²) in [4.78, 5) is 0. The zero-order valence-electron chi connectivity index (χ0n) is 12.7. The summed E-state index contributed by atoms with van der Waals surface area (Å²) >= 11 is 0. The Hall–Kier alpha value is -1.77. The Kier molecular flexibility index (Phi) is 3.51. The third-order valence-corrected chi connectivity index (χ3v) is 4.24. The van der Waals surface area contributed by atoms with E-state index in [0.29, 0.717) is 0 Å². The van der Waals surface area contributed by atoms with E-state index < -0.39 is 0 Å². The molecule has 1 aromatic heterocycles. The highest BCUT2D eigenvalue weighted by Crippen LogP contribution is 2.30. The number of fused-ring (bicyclic) bond motifs is 1. The lowest BCUT2D eigenvalue weighted by Gasteiger charge is -2.08. The lowest BCUT2D eigenvalue weighted by molar-refractivity contribution is 0.744. The van der Waals surface area contributed by atoms with E-state index >= 15 is 0 Å². The number of nitrogens with one attached hydrogen (secondary N) is 1. The Morgan fingerprint density at radius 2 is 2.10 bits per heavy atom. The Labute approximate surface area is 121 Å². The van der Waals surface area contributed by atoms with Crippen molar-refractivity contribution in [1.29, 1.82) is 0 Å². The molecule has 0 saturated heterocycles. The van der Waals surface area contributed by atoms with Gasteiger partial charge in [0.25, 0.3) is 0 Å². The fourth-order valence-corrected chi connectivity index (χ4v) is 2.84. The molecule has 0 spiro atoms. The number of anilines is 1. The normalized spacial score (nSPS) is 13.3. The molecular weight excluding hydrogens is 246 g/mol. The summed E-state index contributed by atoms with van der Waals surface area (Å²) in [7, 11) is 0. The van der Waals surface area contributed by atoms with Gasteiger partial charge in [0.15, 0.2) is 0 Å². The van der Waals surface area contributed by atoms with Crippen molar-refractivity contribution in [2.24, 2.45) is 0 Å². The van der Waals surface area contributed by atoms with Gasteiger partial charge >= 0.3 is 0 Å². The van der Waals surface area contributed by atoms with Crippen LogP contribution in [-0.2, 0) is 12.8 Å². The van der Waals surface area contributed by atoms with Crippen LogP contribution in [0, 0.1) is 13.8 Å². The molecule has 0 saturated carbocycles. The van der Waals surface area contributed by atoms with Crippen molar-refractivity contribution in [3.63, 3.8) is 0 Å². The summed E-state index contributed by atoms with van der Waals surface area (Å²) in [5.74, 6) is 1.21. The Morgan fingerprint density at radius 3 is 2.85 bits per heavy atom. The predicted octanol–water partition coefficient (Wildman–Crippen LogP) is 3.80. The molecule has 1 N–H and O–H groups in total. The molecule has 106 valence electrons. The highest BCUT2D eigenvalue weighted by Gasteiger charge is 2.22. The fraction of sp³-hybridized carbons (Fsp3) is 0.471. The third kappa shape index (κ3) is 2.21. The summed E-state index contributed by atoms with van der Waals surface area (Å²) in [6.45, 7) is 7.58. The molecule has 3 heteroatoms. The molecular formula is C17H23N3. The molecule has 0 fully saturated rings. The van der Waals surface area contributed by atoms with Gasteiger partial charge in [-0.05, 0) is 56.4 Å².